The predicted molar refractivity (Wildman–Crippen MR) is 113 cm³/mol. The fourth-order valence-corrected chi connectivity index (χ4v) is 3.62. The van der Waals surface area contributed by atoms with Gasteiger partial charge in [0, 0.05) is 32.2 Å². The number of pyridine rings is 1. The quantitative estimate of drug-likeness (QED) is 0.259. The molecule has 3 N–H and O–H groups in total. The number of carbonyl (C=O) groups excluding carboxylic acids is 1. The van der Waals surface area contributed by atoms with E-state index in [1.54, 1.807) is 0 Å². The van der Waals surface area contributed by atoms with Gasteiger partial charge in [-0.15, -0.1) is 0 Å². The summed E-state index contributed by atoms with van der Waals surface area (Å²) in [7, 11) is 0. The monoisotopic (exact) mass is 434 g/mol. The first-order chi connectivity index (χ1) is 15.1. The third-order valence-electron chi connectivity index (χ3n) is 5.60. The molecule has 170 valence electrons. The molecule has 2 atom stereocenters. The maximum absolute atomic E-state index is 12.6. The Labute approximate surface area is 181 Å². The lowest BCUT2D eigenvalue weighted by molar-refractivity contribution is -0.385. The summed E-state index contributed by atoms with van der Waals surface area (Å²) in [6.07, 6.45) is 8.39. The van der Waals surface area contributed by atoms with Crippen molar-refractivity contribution in [2.75, 3.05) is 31.6 Å². The minimum absolute atomic E-state index is 0.0746. The van der Waals surface area contributed by atoms with Crippen LogP contribution in [0, 0.1) is 22.0 Å². The minimum atomic E-state index is -0.505. The molecule has 1 aliphatic heterocycles. The van der Waals surface area contributed by atoms with Gasteiger partial charge in [0.2, 0.25) is 6.29 Å². The molecule has 1 saturated carbocycles. The molecule has 0 spiro atoms. The molecule has 1 aromatic rings. The summed E-state index contributed by atoms with van der Waals surface area (Å²) in [6, 6.07) is 2.89. The molecule has 1 aliphatic carbocycles. The summed E-state index contributed by atoms with van der Waals surface area (Å²) >= 11 is 0. The van der Waals surface area contributed by atoms with Gasteiger partial charge in [-0.1, -0.05) is 6.42 Å². The maximum atomic E-state index is 12.6. The molecule has 0 aromatic carbocycles. The Morgan fingerprint density at radius 1 is 1.32 bits per heavy atom. The van der Waals surface area contributed by atoms with Crippen molar-refractivity contribution in [2.24, 2.45) is 11.8 Å². The average Bonchev–Trinajstić information content (AvgIpc) is 2.73. The Kier molecular flexibility index (Phi) is 8.60. The highest BCUT2D eigenvalue weighted by atomic mass is 16.7. The lowest BCUT2D eigenvalue weighted by atomic mass is 9.73. The van der Waals surface area contributed by atoms with Crippen LogP contribution < -0.4 is 10.6 Å². The second-order valence-corrected chi connectivity index (χ2v) is 7.81. The molecule has 0 saturated heterocycles. The molecule has 3 rings (SSSR count). The largest absolute Gasteiger partial charge is 0.459 e. The van der Waals surface area contributed by atoms with Crippen LogP contribution in [0.5, 0.6) is 0 Å². The van der Waals surface area contributed by atoms with Crippen LogP contribution in [-0.2, 0) is 14.3 Å². The van der Waals surface area contributed by atoms with E-state index in [0.29, 0.717) is 43.6 Å². The Morgan fingerprint density at radius 3 is 2.81 bits per heavy atom. The Morgan fingerprint density at radius 2 is 2.16 bits per heavy atom. The second kappa shape index (κ2) is 11.6. The van der Waals surface area contributed by atoms with E-state index in [0.717, 1.165) is 12.8 Å². The van der Waals surface area contributed by atoms with E-state index < -0.39 is 11.2 Å². The lowest BCUT2D eigenvalue weighted by Crippen LogP contribution is -2.37. The zero-order valence-electron chi connectivity index (χ0n) is 17.5. The fourth-order valence-electron chi connectivity index (χ4n) is 3.62. The molecule has 2 heterocycles. The number of allylic oxidation sites excluding steroid dienone is 1. The first-order valence-corrected chi connectivity index (χ1v) is 10.8. The number of carbonyl (C=O) groups is 1. The standard InChI is InChI=1S/C21H30N4O6/c26-10-1-2-11-30-20-13-16(15-4-3-5-15)12-18(31-20)21(27)23-9-8-22-19-7-6-17(14-24-19)25(28)29/h6-7,12,14-16,20,26H,1-5,8-11,13H2,(H,22,24)(H,23,27)/t16-,20+/m0/s1. The summed E-state index contributed by atoms with van der Waals surface area (Å²) in [4.78, 5) is 26.7. The van der Waals surface area contributed by atoms with Crippen LogP contribution in [0.3, 0.4) is 0 Å². The molecule has 2 aliphatic rings. The number of unbranched alkanes of at least 4 members (excludes halogenated alkanes) is 1. The molecular formula is C21H30N4O6. The molecular weight excluding hydrogens is 404 g/mol. The number of amides is 1. The number of aromatic nitrogens is 1. The summed E-state index contributed by atoms with van der Waals surface area (Å²) < 4.78 is 11.6. The predicted octanol–water partition coefficient (Wildman–Crippen LogP) is 2.35. The minimum Gasteiger partial charge on any atom is -0.459 e. The van der Waals surface area contributed by atoms with Crippen LogP contribution in [0.4, 0.5) is 11.5 Å². The summed E-state index contributed by atoms with van der Waals surface area (Å²) in [5.41, 5.74) is -0.0746. The van der Waals surface area contributed by atoms with Gasteiger partial charge in [-0.25, -0.2) is 4.98 Å². The molecule has 10 nitrogen and oxygen atoms in total. The Hall–Kier alpha value is -2.72. The summed E-state index contributed by atoms with van der Waals surface area (Å²) in [5, 5.41) is 25.4. The van der Waals surface area contributed by atoms with Crippen molar-refractivity contribution in [3.63, 3.8) is 0 Å². The van der Waals surface area contributed by atoms with Gasteiger partial charge >= 0.3 is 0 Å². The average molecular weight is 434 g/mol. The van der Waals surface area contributed by atoms with Crippen molar-refractivity contribution in [3.05, 3.63) is 40.3 Å². The van der Waals surface area contributed by atoms with Crippen LogP contribution in [0.1, 0.15) is 38.5 Å². The van der Waals surface area contributed by atoms with E-state index in [2.05, 4.69) is 15.6 Å². The molecule has 0 radical (unpaired) electrons. The molecule has 1 fully saturated rings. The number of aliphatic hydroxyl groups is 1. The molecule has 1 amide bonds. The number of anilines is 1. The van der Waals surface area contributed by atoms with Crippen molar-refractivity contribution in [1.82, 2.24) is 10.3 Å². The van der Waals surface area contributed by atoms with Gasteiger partial charge in [0.25, 0.3) is 11.6 Å². The summed E-state index contributed by atoms with van der Waals surface area (Å²) in [6.45, 7) is 1.38. The van der Waals surface area contributed by atoms with E-state index in [4.69, 9.17) is 14.6 Å². The van der Waals surface area contributed by atoms with Crippen LogP contribution >= 0.6 is 0 Å². The third-order valence-corrected chi connectivity index (χ3v) is 5.60. The number of ether oxygens (including phenoxy) is 2. The van der Waals surface area contributed by atoms with Gasteiger partial charge in [-0.05, 0) is 49.7 Å². The van der Waals surface area contributed by atoms with Crippen LogP contribution in [0.2, 0.25) is 0 Å². The Bertz CT molecular complexity index is 766. The normalized spacial score (nSPS) is 20.9. The van der Waals surface area contributed by atoms with E-state index >= 15 is 0 Å². The number of aliphatic hydroxyl groups excluding tert-OH is 1. The second-order valence-electron chi connectivity index (χ2n) is 7.81. The van der Waals surface area contributed by atoms with Gasteiger partial charge in [0.1, 0.15) is 12.0 Å². The maximum Gasteiger partial charge on any atom is 0.287 e. The topological polar surface area (TPSA) is 136 Å². The molecule has 31 heavy (non-hydrogen) atoms. The van der Waals surface area contributed by atoms with Gasteiger partial charge in [0.15, 0.2) is 5.76 Å². The zero-order chi connectivity index (χ0) is 22.1. The van der Waals surface area contributed by atoms with E-state index in [1.807, 2.05) is 6.08 Å². The lowest BCUT2D eigenvalue weighted by Gasteiger charge is -2.37. The number of nitro groups is 1. The van der Waals surface area contributed by atoms with Gasteiger partial charge < -0.3 is 25.2 Å². The highest BCUT2D eigenvalue weighted by Crippen LogP contribution is 2.39. The van der Waals surface area contributed by atoms with Gasteiger partial charge in [-0.2, -0.15) is 0 Å². The number of hydrogen-bond acceptors (Lipinski definition) is 8. The zero-order valence-corrected chi connectivity index (χ0v) is 17.5. The van der Waals surface area contributed by atoms with Crippen LogP contribution in [-0.4, -0.2) is 53.5 Å². The smallest absolute Gasteiger partial charge is 0.287 e. The summed E-state index contributed by atoms with van der Waals surface area (Å²) in [5.74, 6) is 1.35. The van der Waals surface area contributed by atoms with E-state index in [1.165, 1.54) is 37.6 Å². The highest BCUT2D eigenvalue weighted by molar-refractivity contribution is 5.91. The number of rotatable bonds is 12. The van der Waals surface area contributed by atoms with Crippen molar-refractivity contribution >= 4 is 17.4 Å². The van der Waals surface area contributed by atoms with Gasteiger partial charge in [-0.3, -0.25) is 14.9 Å². The van der Waals surface area contributed by atoms with E-state index in [-0.39, 0.29) is 24.1 Å². The van der Waals surface area contributed by atoms with Crippen LogP contribution in [0.25, 0.3) is 0 Å². The van der Waals surface area contributed by atoms with Crippen molar-refractivity contribution in [2.45, 2.75) is 44.8 Å². The van der Waals surface area contributed by atoms with Crippen molar-refractivity contribution in [3.8, 4) is 0 Å². The SMILES string of the molecule is O=C(NCCNc1ccc([N+](=O)[O-])cn1)C1=C[C@H](C2CCC2)C[C@H](OCCCCO)O1. The number of nitrogens with zero attached hydrogens (tertiary/aromatic N) is 2. The first kappa shape index (κ1) is 23.0. The Balaban J connectivity index is 1.46. The van der Waals surface area contributed by atoms with E-state index in [9.17, 15) is 14.9 Å². The fraction of sp³-hybridized carbons (Fsp3) is 0.619. The van der Waals surface area contributed by atoms with Crippen LogP contribution in [0.15, 0.2) is 30.2 Å². The van der Waals surface area contributed by atoms with Crippen molar-refractivity contribution in [1.29, 1.82) is 0 Å². The number of nitrogens with one attached hydrogen (secondary N) is 2. The molecule has 0 bridgehead atoms. The third kappa shape index (κ3) is 6.90. The first-order valence-electron chi connectivity index (χ1n) is 10.8. The highest BCUT2D eigenvalue weighted by Gasteiger charge is 2.34. The molecule has 1 aromatic heterocycles. The molecule has 0 unspecified atom stereocenters. The number of hydrogen-bond donors (Lipinski definition) is 3. The molecule has 10 heteroatoms. The van der Waals surface area contributed by atoms with Crippen molar-refractivity contribution < 1.29 is 24.3 Å². The van der Waals surface area contributed by atoms with Gasteiger partial charge in [0.05, 0.1) is 11.5 Å².